The van der Waals surface area contributed by atoms with Crippen molar-refractivity contribution < 1.29 is 0 Å². The zero-order valence-corrected chi connectivity index (χ0v) is 24.4. The quantitative estimate of drug-likeness (QED) is 0.210. The smallest absolute Gasteiger partial charge is 0.235 e. The second-order valence-corrected chi connectivity index (χ2v) is 11.5. The summed E-state index contributed by atoms with van der Waals surface area (Å²) >= 11 is 0. The Hall–Kier alpha value is -6.06. The van der Waals surface area contributed by atoms with Crippen molar-refractivity contribution in [2.24, 2.45) is 0 Å². The molecule has 0 atom stereocenters. The summed E-state index contributed by atoms with van der Waals surface area (Å²) in [6.45, 7) is 0. The van der Waals surface area contributed by atoms with Crippen LogP contribution in [-0.2, 0) is 0 Å². The molecule has 0 aliphatic carbocycles. The maximum absolute atomic E-state index is 5.29. The molecule has 3 nitrogen and oxygen atoms in total. The van der Waals surface area contributed by atoms with Crippen LogP contribution in [0, 0.1) is 0 Å². The van der Waals surface area contributed by atoms with Gasteiger partial charge in [0, 0.05) is 21.7 Å². The highest BCUT2D eigenvalue weighted by atomic mass is 15.2. The van der Waals surface area contributed by atoms with Gasteiger partial charge < -0.3 is 0 Å². The van der Waals surface area contributed by atoms with Gasteiger partial charge in [-0.3, -0.25) is 4.57 Å². The third kappa shape index (κ3) is 4.29. The van der Waals surface area contributed by atoms with Crippen LogP contribution in [0.1, 0.15) is 0 Å². The van der Waals surface area contributed by atoms with E-state index >= 15 is 0 Å². The van der Waals surface area contributed by atoms with Crippen LogP contribution in [-0.4, -0.2) is 14.5 Å². The van der Waals surface area contributed by atoms with Crippen LogP contribution in [0.2, 0.25) is 0 Å². The SMILES string of the molecule is c1ccc(-c2ccc(-c3ccc(-c4nc(-n5c6ccccc6c6cc7ccccc7cc65)nc5ccccc45)cc3)cc2)cc1. The molecule has 0 bridgehead atoms. The molecule has 0 N–H and O–H groups in total. The number of rotatable bonds is 4. The van der Waals surface area contributed by atoms with E-state index in [4.69, 9.17) is 9.97 Å². The zero-order chi connectivity index (χ0) is 29.7. The minimum Gasteiger partial charge on any atom is -0.278 e. The fraction of sp³-hybridized carbons (Fsp3) is 0. The molecule has 0 amide bonds. The van der Waals surface area contributed by atoms with Gasteiger partial charge in [0.2, 0.25) is 5.95 Å². The van der Waals surface area contributed by atoms with E-state index in [0.717, 1.165) is 33.2 Å². The van der Waals surface area contributed by atoms with Crippen molar-refractivity contribution in [3.8, 4) is 39.5 Å². The Balaban J connectivity index is 1.19. The maximum Gasteiger partial charge on any atom is 0.235 e. The van der Waals surface area contributed by atoms with Gasteiger partial charge in [-0.25, -0.2) is 9.97 Å². The molecule has 2 aromatic heterocycles. The van der Waals surface area contributed by atoms with Crippen molar-refractivity contribution >= 4 is 43.5 Å². The lowest BCUT2D eigenvalue weighted by Gasteiger charge is -2.12. The van der Waals surface area contributed by atoms with E-state index < -0.39 is 0 Å². The third-order valence-electron chi connectivity index (χ3n) is 8.82. The molecule has 0 fully saturated rings. The maximum atomic E-state index is 5.29. The molecular weight excluding hydrogens is 546 g/mol. The predicted octanol–water partition coefficient (Wildman–Crippen LogP) is 10.9. The standard InChI is InChI=1S/C42H27N3/c1-2-10-28(11-3-1)29-18-20-30(21-19-29)31-22-24-32(25-23-31)41-36-15-6-8-16-38(36)43-42(44-41)45-39-17-9-7-14-35(39)37-26-33-12-4-5-13-34(33)27-40(37)45/h1-27H. The lowest BCUT2D eigenvalue weighted by Crippen LogP contribution is -2.03. The Kier molecular flexibility index (Phi) is 5.82. The summed E-state index contributed by atoms with van der Waals surface area (Å²) in [6, 6.07) is 57.9. The van der Waals surface area contributed by atoms with Crippen LogP contribution >= 0.6 is 0 Å². The fourth-order valence-electron chi connectivity index (χ4n) is 6.56. The van der Waals surface area contributed by atoms with Crippen LogP contribution in [0.3, 0.4) is 0 Å². The Morgan fingerprint density at radius 3 is 1.60 bits per heavy atom. The minimum atomic E-state index is 0.672. The number of hydrogen-bond acceptors (Lipinski definition) is 2. The van der Waals surface area contributed by atoms with Crippen LogP contribution in [0.15, 0.2) is 164 Å². The monoisotopic (exact) mass is 573 g/mol. The summed E-state index contributed by atoms with van der Waals surface area (Å²) in [5.74, 6) is 0.672. The average molecular weight is 574 g/mol. The highest BCUT2D eigenvalue weighted by Gasteiger charge is 2.17. The van der Waals surface area contributed by atoms with E-state index in [2.05, 4.69) is 156 Å². The van der Waals surface area contributed by atoms with Crippen LogP contribution in [0.5, 0.6) is 0 Å². The van der Waals surface area contributed by atoms with Crippen molar-refractivity contribution in [2.75, 3.05) is 0 Å². The van der Waals surface area contributed by atoms with Crippen molar-refractivity contribution in [3.05, 3.63) is 164 Å². The molecular formula is C42H27N3. The molecule has 9 rings (SSSR count). The summed E-state index contributed by atoms with van der Waals surface area (Å²) in [7, 11) is 0. The third-order valence-corrected chi connectivity index (χ3v) is 8.82. The summed E-state index contributed by atoms with van der Waals surface area (Å²) in [5, 5.41) is 5.85. The number of benzene rings is 7. The Labute approximate surface area is 260 Å². The Bertz CT molecular complexity index is 2510. The van der Waals surface area contributed by atoms with Gasteiger partial charge in [0.1, 0.15) is 0 Å². The molecule has 7 aromatic carbocycles. The van der Waals surface area contributed by atoms with E-state index in [1.54, 1.807) is 0 Å². The summed E-state index contributed by atoms with van der Waals surface area (Å²) < 4.78 is 2.22. The number of hydrogen-bond donors (Lipinski definition) is 0. The molecule has 0 saturated heterocycles. The zero-order valence-electron chi connectivity index (χ0n) is 24.4. The summed E-state index contributed by atoms with van der Waals surface area (Å²) in [5.41, 5.74) is 9.90. The molecule has 9 aromatic rings. The molecule has 0 radical (unpaired) electrons. The topological polar surface area (TPSA) is 30.7 Å². The van der Waals surface area contributed by atoms with Crippen molar-refractivity contribution in [1.82, 2.24) is 14.5 Å². The van der Waals surface area contributed by atoms with Gasteiger partial charge in [-0.15, -0.1) is 0 Å². The van der Waals surface area contributed by atoms with Crippen molar-refractivity contribution in [1.29, 1.82) is 0 Å². The molecule has 210 valence electrons. The second kappa shape index (κ2) is 10.3. The first kappa shape index (κ1) is 25.4. The van der Waals surface area contributed by atoms with Gasteiger partial charge in [0.25, 0.3) is 0 Å². The van der Waals surface area contributed by atoms with Crippen molar-refractivity contribution in [2.45, 2.75) is 0 Å². The largest absolute Gasteiger partial charge is 0.278 e. The lowest BCUT2D eigenvalue weighted by molar-refractivity contribution is 1.01. The van der Waals surface area contributed by atoms with Crippen molar-refractivity contribution in [3.63, 3.8) is 0 Å². The minimum absolute atomic E-state index is 0.672. The molecule has 0 unspecified atom stereocenters. The van der Waals surface area contributed by atoms with E-state index in [-0.39, 0.29) is 0 Å². The van der Waals surface area contributed by atoms with E-state index in [9.17, 15) is 0 Å². The normalized spacial score (nSPS) is 11.6. The molecule has 2 heterocycles. The first-order chi connectivity index (χ1) is 22.3. The molecule has 3 heteroatoms. The van der Waals surface area contributed by atoms with Gasteiger partial charge in [-0.2, -0.15) is 0 Å². The molecule has 0 saturated carbocycles. The molecule has 0 spiro atoms. The fourth-order valence-corrected chi connectivity index (χ4v) is 6.56. The molecule has 45 heavy (non-hydrogen) atoms. The molecule has 0 aliphatic rings. The highest BCUT2D eigenvalue weighted by molar-refractivity contribution is 6.13. The Morgan fingerprint density at radius 2 is 0.889 bits per heavy atom. The Morgan fingerprint density at radius 1 is 0.356 bits per heavy atom. The lowest BCUT2D eigenvalue weighted by atomic mass is 9.98. The first-order valence-corrected chi connectivity index (χ1v) is 15.3. The van der Waals surface area contributed by atoms with E-state index in [1.807, 2.05) is 12.1 Å². The van der Waals surface area contributed by atoms with E-state index in [0.29, 0.717) is 5.95 Å². The number of aromatic nitrogens is 3. The van der Waals surface area contributed by atoms with Crippen LogP contribution < -0.4 is 0 Å². The van der Waals surface area contributed by atoms with Gasteiger partial charge >= 0.3 is 0 Å². The molecule has 0 aliphatic heterocycles. The van der Waals surface area contributed by atoms with Crippen LogP contribution in [0.4, 0.5) is 0 Å². The highest BCUT2D eigenvalue weighted by Crippen LogP contribution is 2.36. The number of nitrogens with zero attached hydrogens (tertiary/aromatic N) is 3. The summed E-state index contributed by atoms with van der Waals surface area (Å²) in [4.78, 5) is 10.4. The van der Waals surface area contributed by atoms with Crippen LogP contribution in [0.25, 0.3) is 82.9 Å². The van der Waals surface area contributed by atoms with Gasteiger partial charge in [-0.1, -0.05) is 140 Å². The average Bonchev–Trinajstić information content (AvgIpc) is 3.44. The van der Waals surface area contributed by atoms with Gasteiger partial charge in [-0.05, 0) is 57.3 Å². The van der Waals surface area contributed by atoms with Gasteiger partial charge in [0.15, 0.2) is 0 Å². The predicted molar refractivity (Wildman–Crippen MR) is 188 cm³/mol. The van der Waals surface area contributed by atoms with E-state index in [1.165, 1.54) is 43.8 Å². The second-order valence-electron chi connectivity index (χ2n) is 11.5. The number of para-hydroxylation sites is 2. The first-order valence-electron chi connectivity index (χ1n) is 15.3. The summed E-state index contributed by atoms with van der Waals surface area (Å²) in [6.07, 6.45) is 0. The van der Waals surface area contributed by atoms with Gasteiger partial charge in [0.05, 0.1) is 22.2 Å². The number of fused-ring (bicyclic) bond motifs is 5.